The number of carbonyl (C=O) groups is 1. The summed E-state index contributed by atoms with van der Waals surface area (Å²) in [6, 6.07) is 9.54. The minimum absolute atomic E-state index is 0.0267. The molecule has 7 heteroatoms. The number of hydrogen-bond acceptors (Lipinski definition) is 6. The molecular formula is C17H16N4O2S. The maximum absolute atomic E-state index is 12.7. The lowest BCUT2D eigenvalue weighted by Gasteiger charge is -2.15. The summed E-state index contributed by atoms with van der Waals surface area (Å²) >= 11 is 1.44. The number of hydrogen-bond donors (Lipinski definition) is 0. The van der Waals surface area contributed by atoms with Crippen LogP contribution in [0.3, 0.4) is 0 Å². The average Bonchev–Trinajstić information content (AvgIpc) is 3.20. The molecule has 0 unspecified atom stereocenters. The van der Waals surface area contributed by atoms with Crippen molar-refractivity contribution in [3.8, 4) is 5.88 Å². The summed E-state index contributed by atoms with van der Waals surface area (Å²) in [6.07, 6.45) is 2.42. The molecular weight excluding hydrogens is 324 g/mol. The summed E-state index contributed by atoms with van der Waals surface area (Å²) in [5.41, 5.74) is 0.870. The van der Waals surface area contributed by atoms with Crippen molar-refractivity contribution in [2.24, 2.45) is 0 Å². The number of amides is 1. The van der Waals surface area contributed by atoms with Gasteiger partial charge in [0.15, 0.2) is 5.01 Å². The highest BCUT2D eigenvalue weighted by Crippen LogP contribution is 2.24. The Hall–Kier alpha value is -2.54. The largest absolute Gasteiger partial charge is 0.472 e. The van der Waals surface area contributed by atoms with Gasteiger partial charge in [0, 0.05) is 25.2 Å². The lowest BCUT2D eigenvalue weighted by Crippen LogP contribution is -2.30. The van der Waals surface area contributed by atoms with E-state index in [4.69, 9.17) is 4.74 Å². The Morgan fingerprint density at radius 3 is 3.00 bits per heavy atom. The van der Waals surface area contributed by atoms with Crippen molar-refractivity contribution >= 4 is 27.5 Å². The van der Waals surface area contributed by atoms with Crippen molar-refractivity contribution in [2.75, 3.05) is 13.1 Å². The fraction of sp³-hybridized carbons (Fsp3) is 0.294. The third-order valence-electron chi connectivity index (χ3n) is 3.95. The molecule has 6 nitrogen and oxygen atoms in total. The number of fused-ring (bicyclic) bond motifs is 1. The van der Waals surface area contributed by atoms with Crippen molar-refractivity contribution in [1.82, 2.24) is 19.9 Å². The molecule has 0 radical (unpaired) electrons. The lowest BCUT2D eigenvalue weighted by atomic mass is 10.3. The van der Waals surface area contributed by atoms with Gasteiger partial charge in [0.1, 0.15) is 11.9 Å². The first-order chi connectivity index (χ1) is 11.7. The van der Waals surface area contributed by atoms with Crippen molar-refractivity contribution in [1.29, 1.82) is 0 Å². The monoisotopic (exact) mass is 340 g/mol. The van der Waals surface area contributed by atoms with Gasteiger partial charge in [-0.2, -0.15) is 4.98 Å². The lowest BCUT2D eigenvalue weighted by molar-refractivity contribution is 0.0771. The van der Waals surface area contributed by atoms with Crippen LogP contribution in [-0.2, 0) is 0 Å². The molecule has 1 atom stereocenters. The first-order valence-electron chi connectivity index (χ1n) is 7.80. The Kier molecular flexibility index (Phi) is 3.86. The van der Waals surface area contributed by atoms with Crippen LogP contribution in [0.25, 0.3) is 10.2 Å². The molecule has 24 heavy (non-hydrogen) atoms. The highest BCUT2D eigenvalue weighted by molar-refractivity contribution is 7.20. The summed E-state index contributed by atoms with van der Waals surface area (Å²) in [6.45, 7) is 3.05. The molecule has 1 aromatic carbocycles. The van der Waals surface area contributed by atoms with E-state index in [0.29, 0.717) is 29.8 Å². The highest BCUT2D eigenvalue weighted by Gasteiger charge is 2.30. The molecule has 2 aromatic heterocycles. The second kappa shape index (κ2) is 6.16. The molecule has 4 rings (SSSR count). The van der Waals surface area contributed by atoms with Gasteiger partial charge in [0.2, 0.25) is 5.88 Å². The maximum atomic E-state index is 12.7. The highest BCUT2D eigenvalue weighted by atomic mass is 32.1. The van der Waals surface area contributed by atoms with Crippen LogP contribution in [0, 0.1) is 6.92 Å². The molecule has 0 bridgehead atoms. The van der Waals surface area contributed by atoms with Gasteiger partial charge in [0.05, 0.1) is 16.8 Å². The summed E-state index contributed by atoms with van der Waals surface area (Å²) in [4.78, 5) is 27.2. The molecule has 0 spiro atoms. The molecule has 122 valence electrons. The second-order valence-corrected chi connectivity index (χ2v) is 6.74. The van der Waals surface area contributed by atoms with Gasteiger partial charge in [-0.1, -0.05) is 12.1 Å². The molecule has 0 saturated carbocycles. The van der Waals surface area contributed by atoms with E-state index in [-0.39, 0.29) is 12.0 Å². The van der Waals surface area contributed by atoms with E-state index >= 15 is 0 Å². The zero-order valence-corrected chi connectivity index (χ0v) is 14.0. The SMILES string of the molecule is Cc1nccc(O[C@H]2CCN(C(=O)c3nc4ccccc4s3)C2)n1. The Morgan fingerprint density at radius 1 is 1.29 bits per heavy atom. The fourth-order valence-corrected chi connectivity index (χ4v) is 3.71. The van der Waals surface area contributed by atoms with E-state index in [1.54, 1.807) is 17.2 Å². The average molecular weight is 340 g/mol. The van der Waals surface area contributed by atoms with E-state index in [1.807, 2.05) is 31.2 Å². The number of para-hydroxylation sites is 1. The number of carbonyl (C=O) groups excluding carboxylic acids is 1. The van der Waals surface area contributed by atoms with Crippen LogP contribution in [0.5, 0.6) is 5.88 Å². The molecule has 3 aromatic rings. The van der Waals surface area contributed by atoms with Crippen molar-refractivity contribution in [3.05, 3.63) is 47.4 Å². The molecule has 0 N–H and O–H groups in total. The third-order valence-corrected chi connectivity index (χ3v) is 4.97. The Bertz CT molecular complexity index is 862. The van der Waals surface area contributed by atoms with Crippen LogP contribution in [0.2, 0.25) is 0 Å². The van der Waals surface area contributed by atoms with E-state index in [2.05, 4.69) is 15.0 Å². The van der Waals surface area contributed by atoms with E-state index < -0.39 is 0 Å². The van der Waals surface area contributed by atoms with E-state index in [0.717, 1.165) is 16.6 Å². The van der Waals surface area contributed by atoms with Gasteiger partial charge in [-0.15, -0.1) is 11.3 Å². The second-order valence-electron chi connectivity index (χ2n) is 5.71. The normalized spacial score (nSPS) is 17.4. The van der Waals surface area contributed by atoms with Gasteiger partial charge in [-0.25, -0.2) is 9.97 Å². The smallest absolute Gasteiger partial charge is 0.283 e. The zero-order chi connectivity index (χ0) is 16.5. The summed E-state index contributed by atoms with van der Waals surface area (Å²) in [7, 11) is 0. The minimum atomic E-state index is -0.0439. The first kappa shape index (κ1) is 15.0. The Balaban J connectivity index is 1.45. The Morgan fingerprint density at radius 2 is 2.17 bits per heavy atom. The maximum Gasteiger partial charge on any atom is 0.283 e. The van der Waals surface area contributed by atoms with Crippen LogP contribution in [0.4, 0.5) is 0 Å². The van der Waals surface area contributed by atoms with Gasteiger partial charge in [-0.3, -0.25) is 4.79 Å². The first-order valence-corrected chi connectivity index (χ1v) is 8.62. The third kappa shape index (κ3) is 2.94. The number of thiazole rings is 1. The van der Waals surface area contributed by atoms with Gasteiger partial charge < -0.3 is 9.64 Å². The van der Waals surface area contributed by atoms with Crippen LogP contribution >= 0.6 is 11.3 Å². The molecule has 1 aliphatic heterocycles. The predicted molar refractivity (Wildman–Crippen MR) is 91.3 cm³/mol. The fourth-order valence-electron chi connectivity index (χ4n) is 2.78. The molecule has 1 amide bonds. The van der Waals surface area contributed by atoms with Crippen LogP contribution in [0.15, 0.2) is 36.5 Å². The number of benzene rings is 1. The minimum Gasteiger partial charge on any atom is -0.472 e. The van der Waals surface area contributed by atoms with Gasteiger partial charge >= 0.3 is 0 Å². The van der Waals surface area contributed by atoms with Gasteiger partial charge in [0.25, 0.3) is 5.91 Å². The molecule has 1 aliphatic rings. The van der Waals surface area contributed by atoms with Crippen molar-refractivity contribution < 1.29 is 9.53 Å². The summed E-state index contributed by atoms with van der Waals surface area (Å²) in [5, 5.41) is 0.537. The van der Waals surface area contributed by atoms with Crippen LogP contribution < -0.4 is 4.74 Å². The topological polar surface area (TPSA) is 68.2 Å². The van der Waals surface area contributed by atoms with Gasteiger partial charge in [-0.05, 0) is 19.1 Å². The predicted octanol–water partition coefficient (Wildman–Crippen LogP) is 2.69. The number of nitrogens with zero attached hydrogens (tertiary/aromatic N) is 4. The standard InChI is InChI=1S/C17H16N4O2S/c1-11-18-8-6-15(19-11)23-12-7-9-21(10-12)17(22)16-20-13-4-2-3-5-14(13)24-16/h2-6,8,12H,7,9-10H2,1H3/t12-/m0/s1. The molecule has 1 saturated heterocycles. The number of likely N-dealkylation sites (tertiary alicyclic amines) is 1. The number of aryl methyl sites for hydroxylation is 1. The zero-order valence-electron chi connectivity index (χ0n) is 13.2. The molecule has 0 aliphatic carbocycles. The van der Waals surface area contributed by atoms with E-state index in [9.17, 15) is 4.79 Å². The number of aromatic nitrogens is 3. The molecule has 1 fully saturated rings. The van der Waals surface area contributed by atoms with Crippen LogP contribution in [-0.4, -0.2) is 45.0 Å². The number of rotatable bonds is 3. The van der Waals surface area contributed by atoms with E-state index in [1.165, 1.54) is 11.3 Å². The van der Waals surface area contributed by atoms with Crippen LogP contribution in [0.1, 0.15) is 22.0 Å². The van der Waals surface area contributed by atoms with Crippen molar-refractivity contribution in [3.63, 3.8) is 0 Å². The molecule has 3 heterocycles. The Labute approximate surface area is 143 Å². The summed E-state index contributed by atoms with van der Waals surface area (Å²) in [5.74, 6) is 1.20. The van der Waals surface area contributed by atoms with Crippen molar-refractivity contribution in [2.45, 2.75) is 19.4 Å². The quantitative estimate of drug-likeness (QED) is 0.733. The summed E-state index contributed by atoms with van der Waals surface area (Å²) < 4.78 is 6.90. The number of ether oxygens (including phenoxy) is 1.